The van der Waals surface area contributed by atoms with Crippen LogP contribution in [0.15, 0.2) is 57.7 Å². The minimum absolute atomic E-state index is 0.0255. The van der Waals surface area contributed by atoms with E-state index in [4.69, 9.17) is 13.9 Å². The fraction of sp³-hybridized carbons (Fsp3) is 0.310. The second-order valence-electron chi connectivity index (χ2n) is 9.13. The van der Waals surface area contributed by atoms with Crippen molar-refractivity contribution in [2.24, 2.45) is 0 Å². The molecule has 0 saturated carbocycles. The number of benzene rings is 2. The van der Waals surface area contributed by atoms with Gasteiger partial charge in [-0.25, -0.2) is 9.78 Å². The summed E-state index contributed by atoms with van der Waals surface area (Å²) in [6.07, 6.45) is 4.44. The number of ether oxygens (including phenoxy) is 2. The van der Waals surface area contributed by atoms with Gasteiger partial charge < -0.3 is 13.9 Å². The molecule has 0 fully saturated rings. The second-order valence-corrected chi connectivity index (χ2v) is 10.1. The van der Waals surface area contributed by atoms with Gasteiger partial charge in [0.2, 0.25) is 5.76 Å². The Morgan fingerprint density at radius 3 is 2.58 bits per heavy atom. The molecule has 0 unspecified atom stereocenters. The molecule has 0 saturated heterocycles. The number of hydrogen-bond donors (Lipinski definition) is 0. The summed E-state index contributed by atoms with van der Waals surface area (Å²) in [4.78, 5) is 45.9. The van der Waals surface area contributed by atoms with E-state index < -0.39 is 17.9 Å². The minimum Gasteiger partial charge on any atom is -0.494 e. The Morgan fingerprint density at radius 1 is 1.08 bits per heavy atom. The number of carbonyl (C=O) groups is 2. The van der Waals surface area contributed by atoms with E-state index >= 15 is 0 Å². The van der Waals surface area contributed by atoms with Crippen molar-refractivity contribution in [2.75, 3.05) is 18.6 Å². The highest BCUT2D eigenvalue weighted by atomic mass is 32.1. The monoisotopic (exact) mass is 532 g/mol. The van der Waals surface area contributed by atoms with Crippen LogP contribution in [0.3, 0.4) is 0 Å². The van der Waals surface area contributed by atoms with Crippen LogP contribution in [0.4, 0.5) is 5.13 Å². The van der Waals surface area contributed by atoms with Crippen LogP contribution in [0.5, 0.6) is 5.75 Å². The molecule has 5 rings (SSSR count). The van der Waals surface area contributed by atoms with Crippen molar-refractivity contribution in [3.05, 3.63) is 86.2 Å². The number of nitrogens with zero attached hydrogens (tertiary/aromatic N) is 2. The second kappa shape index (κ2) is 10.8. The van der Waals surface area contributed by atoms with Gasteiger partial charge in [0.05, 0.1) is 36.4 Å². The molecular formula is C29H28N2O6S. The van der Waals surface area contributed by atoms with Crippen LogP contribution in [0.25, 0.3) is 11.0 Å². The van der Waals surface area contributed by atoms with Gasteiger partial charge in [-0.1, -0.05) is 61.8 Å². The molecule has 1 amide bonds. The molecule has 0 aliphatic carbocycles. The van der Waals surface area contributed by atoms with Crippen LogP contribution >= 0.6 is 11.3 Å². The number of amides is 1. The number of carbonyl (C=O) groups excluding carboxylic acids is 2. The number of para-hydroxylation sites is 1. The Hall–Kier alpha value is -3.98. The molecule has 3 heterocycles. The van der Waals surface area contributed by atoms with Gasteiger partial charge in [-0.2, -0.15) is 0 Å². The van der Waals surface area contributed by atoms with E-state index in [2.05, 4.69) is 11.9 Å². The van der Waals surface area contributed by atoms with Gasteiger partial charge >= 0.3 is 5.97 Å². The lowest BCUT2D eigenvalue weighted by Crippen LogP contribution is -2.29. The third-order valence-electron chi connectivity index (χ3n) is 6.60. The van der Waals surface area contributed by atoms with Crippen molar-refractivity contribution in [3.8, 4) is 5.75 Å². The highest BCUT2D eigenvalue weighted by Crippen LogP contribution is 2.43. The molecule has 1 aliphatic heterocycles. The summed E-state index contributed by atoms with van der Waals surface area (Å²) in [7, 11) is 1.29. The average molecular weight is 533 g/mol. The predicted molar refractivity (Wildman–Crippen MR) is 145 cm³/mol. The van der Waals surface area contributed by atoms with Gasteiger partial charge in [-0.3, -0.25) is 14.5 Å². The van der Waals surface area contributed by atoms with Crippen molar-refractivity contribution < 1.29 is 23.5 Å². The zero-order valence-corrected chi connectivity index (χ0v) is 22.3. The van der Waals surface area contributed by atoms with Crippen LogP contribution in [0.2, 0.25) is 0 Å². The zero-order chi connectivity index (χ0) is 26.8. The van der Waals surface area contributed by atoms with Gasteiger partial charge in [-0.15, -0.1) is 0 Å². The quantitative estimate of drug-likeness (QED) is 0.191. The Morgan fingerprint density at radius 2 is 1.84 bits per heavy atom. The zero-order valence-electron chi connectivity index (χ0n) is 21.5. The molecular weight excluding hydrogens is 504 g/mol. The first-order valence-electron chi connectivity index (χ1n) is 12.6. The lowest BCUT2D eigenvalue weighted by atomic mass is 9.98. The standard InChI is InChI=1S/C29H28N2O6S/c1-4-5-6-9-16-36-19-14-12-18(13-15-19)23-22-24(32)20-10-7-8-11-21(20)37-25(22)27(33)31(23)29-30-17(2)26(38-29)28(34)35-3/h7-8,10-15,23H,4-6,9,16H2,1-3H3/t23-/m1/s1. The van der Waals surface area contributed by atoms with E-state index in [0.717, 1.165) is 30.6 Å². The number of aromatic nitrogens is 1. The van der Waals surface area contributed by atoms with Crippen LogP contribution in [0, 0.1) is 6.92 Å². The van der Waals surface area contributed by atoms with Gasteiger partial charge in [0.1, 0.15) is 16.2 Å². The topological polar surface area (TPSA) is 98.9 Å². The molecule has 38 heavy (non-hydrogen) atoms. The van der Waals surface area contributed by atoms with E-state index in [1.165, 1.54) is 18.4 Å². The molecule has 4 aromatic rings. The number of anilines is 1. The van der Waals surface area contributed by atoms with Crippen molar-refractivity contribution in [1.82, 2.24) is 4.98 Å². The minimum atomic E-state index is -0.784. The lowest BCUT2D eigenvalue weighted by Gasteiger charge is -2.22. The normalized spacial score (nSPS) is 14.7. The molecule has 2 aromatic heterocycles. The maximum atomic E-state index is 13.8. The first-order valence-corrected chi connectivity index (χ1v) is 13.4. The maximum Gasteiger partial charge on any atom is 0.350 e. The van der Waals surface area contributed by atoms with E-state index in [0.29, 0.717) is 39.5 Å². The summed E-state index contributed by atoms with van der Waals surface area (Å²) in [6, 6.07) is 13.4. The van der Waals surface area contributed by atoms with E-state index in [9.17, 15) is 14.4 Å². The third-order valence-corrected chi connectivity index (χ3v) is 7.74. The molecule has 2 aromatic carbocycles. The number of aryl methyl sites for hydroxylation is 1. The fourth-order valence-corrected chi connectivity index (χ4v) is 5.68. The summed E-state index contributed by atoms with van der Waals surface area (Å²) in [5, 5.41) is 0.674. The number of unbranched alkanes of at least 4 members (excludes halogenated alkanes) is 3. The molecule has 1 atom stereocenters. The Kier molecular flexibility index (Phi) is 7.28. The van der Waals surface area contributed by atoms with E-state index in [-0.39, 0.29) is 21.9 Å². The molecule has 0 N–H and O–H groups in total. The number of fused-ring (bicyclic) bond motifs is 2. The van der Waals surface area contributed by atoms with Gasteiger partial charge in [0.15, 0.2) is 10.6 Å². The number of thiazole rings is 1. The van der Waals surface area contributed by atoms with E-state index in [1.807, 2.05) is 24.3 Å². The Bertz CT molecular complexity index is 1560. The molecule has 0 radical (unpaired) electrons. The van der Waals surface area contributed by atoms with E-state index in [1.54, 1.807) is 31.2 Å². The lowest BCUT2D eigenvalue weighted by molar-refractivity contribution is 0.0605. The highest BCUT2D eigenvalue weighted by molar-refractivity contribution is 7.17. The number of rotatable bonds is 9. The summed E-state index contributed by atoms with van der Waals surface area (Å²) in [5.41, 5.74) is 1.44. The van der Waals surface area contributed by atoms with Crippen LogP contribution in [-0.2, 0) is 4.74 Å². The first-order chi connectivity index (χ1) is 18.4. The molecule has 1 aliphatic rings. The van der Waals surface area contributed by atoms with Crippen molar-refractivity contribution >= 4 is 39.3 Å². The van der Waals surface area contributed by atoms with Crippen molar-refractivity contribution in [2.45, 2.75) is 45.6 Å². The van der Waals surface area contributed by atoms with Gasteiger partial charge in [0, 0.05) is 0 Å². The highest BCUT2D eigenvalue weighted by Gasteiger charge is 2.45. The number of methoxy groups -OCH3 is 1. The summed E-state index contributed by atoms with van der Waals surface area (Å²) in [5.74, 6) is -0.339. The van der Waals surface area contributed by atoms with Crippen LogP contribution in [0.1, 0.15) is 75.7 Å². The van der Waals surface area contributed by atoms with Crippen molar-refractivity contribution in [1.29, 1.82) is 0 Å². The van der Waals surface area contributed by atoms with Crippen LogP contribution in [-0.4, -0.2) is 30.6 Å². The number of esters is 1. The molecule has 0 bridgehead atoms. The maximum absolute atomic E-state index is 13.8. The van der Waals surface area contributed by atoms with Gasteiger partial charge in [-0.05, 0) is 43.2 Å². The summed E-state index contributed by atoms with van der Waals surface area (Å²) in [6.45, 7) is 4.47. The molecule has 9 heteroatoms. The fourth-order valence-electron chi connectivity index (χ4n) is 4.66. The summed E-state index contributed by atoms with van der Waals surface area (Å²) >= 11 is 1.04. The first kappa shape index (κ1) is 25.7. The Balaban J connectivity index is 1.58. The SMILES string of the molecule is CCCCCCOc1ccc([C@@H]2c3c(oc4ccccc4c3=O)C(=O)N2c2nc(C)c(C(=O)OC)s2)cc1. The van der Waals surface area contributed by atoms with Crippen LogP contribution < -0.4 is 15.1 Å². The third kappa shape index (κ3) is 4.58. The Labute approximate surface area is 223 Å². The van der Waals surface area contributed by atoms with Crippen molar-refractivity contribution in [3.63, 3.8) is 0 Å². The predicted octanol–water partition coefficient (Wildman–Crippen LogP) is 6.05. The molecule has 196 valence electrons. The molecule has 0 spiro atoms. The smallest absolute Gasteiger partial charge is 0.350 e. The number of hydrogen-bond acceptors (Lipinski definition) is 8. The largest absolute Gasteiger partial charge is 0.494 e. The summed E-state index contributed by atoms with van der Waals surface area (Å²) < 4.78 is 16.8. The average Bonchev–Trinajstić information content (AvgIpc) is 3.45. The molecule has 8 nitrogen and oxygen atoms in total. The van der Waals surface area contributed by atoms with Gasteiger partial charge in [0.25, 0.3) is 5.91 Å².